The van der Waals surface area contributed by atoms with Crippen LogP contribution in [0.3, 0.4) is 0 Å². The lowest BCUT2D eigenvalue weighted by Gasteiger charge is -2.45. The van der Waals surface area contributed by atoms with Gasteiger partial charge in [0.2, 0.25) is 0 Å². The van der Waals surface area contributed by atoms with Crippen molar-refractivity contribution in [3.63, 3.8) is 0 Å². The molecule has 0 radical (unpaired) electrons. The number of fused-ring (bicyclic) bond motifs is 1. The Labute approximate surface area is 123 Å². The van der Waals surface area contributed by atoms with E-state index in [1.165, 1.54) is 43.6 Å². The van der Waals surface area contributed by atoms with Gasteiger partial charge >= 0.3 is 0 Å². The highest BCUT2D eigenvalue weighted by Crippen LogP contribution is 2.29. The van der Waals surface area contributed by atoms with Crippen LogP contribution in [0, 0.1) is 12.8 Å². The molecule has 2 aliphatic heterocycles. The van der Waals surface area contributed by atoms with Gasteiger partial charge in [-0.3, -0.25) is 9.80 Å². The van der Waals surface area contributed by atoms with Crippen molar-refractivity contribution in [1.82, 2.24) is 9.80 Å². The van der Waals surface area contributed by atoms with Crippen molar-refractivity contribution in [2.75, 3.05) is 19.6 Å². The average molecular weight is 272 g/mol. The SMILES string of the molecule is Cc1ccccc1CN1CC2CCCN2CC1C(C)C. The Balaban J connectivity index is 1.77. The molecule has 2 unspecified atom stereocenters. The molecule has 0 spiro atoms. The van der Waals surface area contributed by atoms with Gasteiger partial charge in [0, 0.05) is 31.7 Å². The zero-order valence-corrected chi connectivity index (χ0v) is 13.2. The van der Waals surface area contributed by atoms with Gasteiger partial charge < -0.3 is 0 Å². The molecule has 2 nitrogen and oxygen atoms in total. The first kappa shape index (κ1) is 14.1. The molecule has 0 amide bonds. The van der Waals surface area contributed by atoms with Gasteiger partial charge in [0.05, 0.1) is 0 Å². The van der Waals surface area contributed by atoms with Gasteiger partial charge in [-0.1, -0.05) is 38.1 Å². The van der Waals surface area contributed by atoms with Gasteiger partial charge in [-0.05, 0) is 43.4 Å². The van der Waals surface area contributed by atoms with Crippen molar-refractivity contribution in [2.45, 2.75) is 52.2 Å². The number of rotatable bonds is 3. The van der Waals surface area contributed by atoms with Crippen LogP contribution in [-0.4, -0.2) is 41.5 Å². The molecule has 0 N–H and O–H groups in total. The van der Waals surface area contributed by atoms with Crippen LogP contribution in [0.5, 0.6) is 0 Å². The summed E-state index contributed by atoms with van der Waals surface area (Å²) in [5.41, 5.74) is 2.94. The number of aryl methyl sites for hydroxylation is 1. The number of piperazine rings is 1. The molecule has 2 aliphatic rings. The maximum atomic E-state index is 2.75. The Kier molecular flexibility index (Phi) is 4.13. The highest BCUT2D eigenvalue weighted by molar-refractivity contribution is 5.25. The molecule has 2 saturated heterocycles. The summed E-state index contributed by atoms with van der Waals surface area (Å²) in [6.45, 7) is 12.0. The van der Waals surface area contributed by atoms with Gasteiger partial charge in [-0.15, -0.1) is 0 Å². The average Bonchev–Trinajstić information content (AvgIpc) is 2.87. The summed E-state index contributed by atoms with van der Waals surface area (Å²) >= 11 is 0. The van der Waals surface area contributed by atoms with E-state index in [9.17, 15) is 0 Å². The zero-order valence-electron chi connectivity index (χ0n) is 13.2. The summed E-state index contributed by atoms with van der Waals surface area (Å²) in [6, 6.07) is 10.4. The third-order valence-corrected chi connectivity index (χ3v) is 5.24. The molecule has 2 fully saturated rings. The molecule has 0 bridgehead atoms. The van der Waals surface area contributed by atoms with Gasteiger partial charge in [0.25, 0.3) is 0 Å². The third-order valence-electron chi connectivity index (χ3n) is 5.24. The normalized spacial score (nSPS) is 28.0. The number of hydrogen-bond acceptors (Lipinski definition) is 2. The fraction of sp³-hybridized carbons (Fsp3) is 0.667. The standard InChI is InChI=1S/C18H28N2/c1-14(2)18-13-19-10-6-9-17(19)12-20(18)11-16-8-5-4-7-15(16)3/h4-5,7-8,14,17-18H,6,9-13H2,1-3H3. The summed E-state index contributed by atoms with van der Waals surface area (Å²) in [5, 5.41) is 0. The van der Waals surface area contributed by atoms with Gasteiger partial charge in [-0.25, -0.2) is 0 Å². The molecule has 20 heavy (non-hydrogen) atoms. The molecule has 110 valence electrons. The van der Waals surface area contributed by atoms with Crippen molar-refractivity contribution in [2.24, 2.45) is 5.92 Å². The second-order valence-electron chi connectivity index (χ2n) is 6.96. The van der Waals surface area contributed by atoms with E-state index in [1.807, 2.05) is 0 Å². The van der Waals surface area contributed by atoms with Crippen molar-refractivity contribution in [3.8, 4) is 0 Å². The van der Waals surface area contributed by atoms with Crippen LogP contribution in [-0.2, 0) is 6.54 Å². The number of hydrogen-bond donors (Lipinski definition) is 0. The van der Waals surface area contributed by atoms with Gasteiger partial charge in [0.1, 0.15) is 0 Å². The fourth-order valence-electron chi connectivity index (χ4n) is 3.92. The summed E-state index contributed by atoms with van der Waals surface area (Å²) in [6.07, 6.45) is 2.79. The molecule has 2 heteroatoms. The molecule has 2 atom stereocenters. The van der Waals surface area contributed by atoms with E-state index in [1.54, 1.807) is 0 Å². The van der Waals surface area contributed by atoms with E-state index < -0.39 is 0 Å². The maximum Gasteiger partial charge on any atom is 0.0250 e. The third kappa shape index (κ3) is 2.77. The molecule has 1 aromatic carbocycles. The van der Waals surface area contributed by atoms with E-state index in [2.05, 4.69) is 54.8 Å². The van der Waals surface area contributed by atoms with E-state index in [-0.39, 0.29) is 0 Å². The molecule has 2 heterocycles. The lowest BCUT2D eigenvalue weighted by Crippen LogP contribution is -2.57. The van der Waals surface area contributed by atoms with Crippen LogP contribution < -0.4 is 0 Å². The lowest BCUT2D eigenvalue weighted by atomic mass is 9.96. The van der Waals surface area contributed by atoms with Gasteiger partial charge in [0.15, 0.2) is 0 Å². The number of nitrogens with zero attached hydrogens (tertiary/aromatic N) is 2. The Morgan fingerprint density at radius 3 is 2.75 bits per heavy atom. The van der Waals surface area contributed by atoms with Crippen LogP contribution in [0.4, 0.5) is 0 Å². The molecule has 0 saturated carbocycles. The van der Waals surface area contributed by atoms with E-state index >= 15 is 0 Å². The molecule has 3 rings (SSSR count). The Morgan fingerprint density at radius 2 is 2.00 bits per heavy atom. The molecule has 1 aromatic rings. The minimum Gasteiger partial charge on any atom is -0.298 e. The van der Waals surface area contributed by atoms with Crippen molar-refractivity contribution in [3.05, 3.63) is 35.4 Å². The lowest BCUT2D eigenvalue weighted by molar-refractivity contribution is 0.0238. The second-order valence-corrected chi connectivity index (χ2v) is 6.96. The topological polar surface area (TPSA) is 6.48 Å². The number of benzene rings is 1. The summed E-state index contributed by atoms with van der Waals surface area (Å²) in [5.74, 6) is 0.737. The van der Waals surface area contributed by atoms with E-state index in [0.29, 0.717) is 6.04 Å². The smallest absolute Gasteiger partial charge is 0.0250 e. The Bertz CT molecular complexity index is 454. The molecular weight excluding hydrogens is 244 g/mol. The highest BCUT2D eigenvalue weighted by atomic mass is 15.3. The molecule has 0 aliphatic carbocycles. The van der Waals surface area contributed by atoms with Crippen LogP contribution in [0.2, 0.25) is 0 Å². The van der Waals surface area contributed by atoms with Crippen molar-refractivity contribution in [1.29, 1.82) is 0 Å². The first-order valence-electron chi connectivity index (χ1n) is 8.17. The van der Waals surface area contributed by atoms with E-state index in [0.717, 1.165) is 18.5 Å². The summed E-state index contributed by atoms with van der Waals surface area (Å²) in [4.78, 5) is 5.48. The molecule has 0 aromatic heterocycles. The fourth-order valence-corrected chi connectivity index (χ4v) is 3.92. The van der Waals surface area contributed by atoms with Gasteiger partial charge in [-0.2, -0.15) is 0 Å². The Hall–Kier alpha value is -0.860. The second kappa shape index (κ2) is 5.87. The van der Waals surface area contributed by atoms with Crippen LogP contribution >= 0.6 is 0 Å². The Morgan fingerprint density at radius 1 is 1.20 bits per heavy atom. The summed E-state index contributed by atoms with van der Waals surface area (Å²) in [7, 11) is 0. The minimum absolute atomic E-state index is 0.712. The van der Waals surface area contributed by atoms with Crippen molar-refractivity contribution >= 4 is 0 Å². The predicted octanol–water partition coefficient (Wildman–Crippen LogP) is 3.30. The molecular formula is C18H28N2. The van der Waals surface area contributed by atoms with Crippen molar-refractivity contribution < 1.29 is 0 Å². The van der Waals surface area contributed by atoms with E-state index in [4.69, 9.17) is 0 Å². The van der Waals surface area contributed by atoms with Crippen LogP contribution in [0.25, 0.3) is 0 Å². The van der Waals surface area contributed by atoms with Crippen LogP contribution in [0.1, 0.15) is 37.8 Å². The zero-order chi connectivity index (χ0) is 14.1. The largest absolute Gasteiger partial charge is 0.298 e. The summed E-state index contributed by atoms with van der Waals surface area (Å²) < 4.78 is 0. The quantitative estimate of drug-likeness (QED) is 0.833. The van der Waals surface area contributed by atoms with Crippen LogP contribution in [0.15, 0.2) is 24.3 Å². The highest BCUT2D eigenvalue weighted by Gasteiger charge is 2.37. The first-order valence-corrected chi connectivity index (χ1v) is 8.17. The predicted molar refractivity (Wildman–Crippen MR) is 84.8 cm³/mol. The first-order chi connectivity index (χ1) is 9.65. The monoisotopic (exact) mass is 272 g/mol. The minimum atomic E-state index is 0.712. The maximum absolute atomic E-state index is 2.75.